The lowest BCUT2D eigenvalue weighted by molar-refractivity contribution is 0.0952. The predicted octanol–water partition coefficient (Wildman–Crippen LogP) is 2.24. The van der Waals surface area contributed by atoms with Crippen LogP contribution in [-0.4, -0.2) is 11.8 Å². The zero-order valence-corrected chi connectivity index (χ0v) is 12.0. The molecule has 2 rings (SSSR count). The Morgan fingerprint density at radius 2 is 1.82 bits per heavy atom. The van der Waals surface area contributed by atoms with Gasteiger partial charge in [-0.1, -0.05) is 19.1 Å². The Bertz CT molecular complexity index is 716. The van der Waals surface area contributed by atoms with Gasteiger partial charge in [0.2, 0.25) is 0 Å². The highest BCUT2D eigenvalue weighted by molar-refractivity contribution is 6.05. The molecule has 0 bridgehead atoms. The van der Waals surface area contributed by atoms with Gasteiger partial charge in [0, 0.05) is 11.3 Å². The third kappa shape index (κ3) is 3.29. The first-order valence-electron chi connectivity index (χ1n) is 6.76. The number of halogens is 1. The molecule has 0 fully saturated rings. The number of benzene rings is 2. The number of hydrazine groups is 1. The van der Waals surface area contributed by atoms with E-state index >= 15 is 0 Å². The number of carbonyl (C=O) groups excluding carboxylic acids is 2. The fraction of sp³-hybridized carbons (Fsp3) is 0.125. The quantitative estimate of drug-likeness (QED) is 0.460. The molecule has 0 aliphatic rings. The molecule has 0 saturated heterocycles. The van der Waals surface area contributed by atoms with Gasteiger partial charge in [-0.05, 0) is 42.3 Å². The summed E-state index contributed by atoms with van der Waals surface area (Å²) in [4.78, 5) is 23.7. The zero-order valence-electron chi connectivity index (χ0n) is 12.0. The van der Waals surface area contributed by atoms with Crippen molar-refractivity contribution in [3.8, 4) is 0 Å². The molecule has 0 heterocycles. The molecular weight excluding hydrogens is 285 g/mol. The number of aryl methyl sites for hydroxylation is 1. The molecule has 0 radical (unpaired) electrons. The van der Waals surface area contributed by atoms with Gasteiger partial charge in [-0.2, -0.15) is 0 Å². The Morgan fingerprint density at radius 1 is 1.09 bits per heavy atom. The van der Waals surface area contributed by atoms with Crippen molar-refractivity contribution in [3.63, 3.8) is 0 Å². The van der Waals surface area contributed by atoms with E-state index in [1.807, 2.05) is 6.92 Å². The van der Waals surface area contributed by atoms with Gasteiger partial charge in [-0.3, -0.25) is 15.0 Å². The molecule has 0 aliphatic heterocycles. The van der Waals surface area contributed by atoms with Gasteiger partial charge in [0.15, 0.2) is 0 Å². The maximum absolute atomic E-state index is 13.6. The molecule has 0 spiro atoms. The minimum atomic E-state index is -0.588. The van der Waals surface area contributed by atoms with Gasteiger partial charge in [0.25, 0.3) is 11.8 Å². The van der Waals surface area contributed by atoms with E-state index in [0.717, 1.165) is 5.56 Å². The van der Waals surface area contributed by atoms with E-state index in [1.54, 1.807) is 24.3 Å². The monoisotopic (exact) mass is 301 g/mol. The topological polar surface area (TPSA) is 84.2 Å². The van der Waals surface area contributed by atoms with Crippen LogP contribution in [0.15, 0.2) is 42.5 Å². The standard InChI is InChI=1S/C16H16FN3O2/c1-2-10-9-11(7-8-12(10)16(22)20-18)19-15(21)13-5-3-4-6-14(13)17/h3-9H,2,18H2,1H3,(H,19,21)(H,20,22). The van der Waals surface area contributed by atoms with Crippen LogP contribution in [0.4, 0.5) is 10.1 Å². The Hall–Kier alpha value is -2.73. The van der Waals surface area contributed by atoms with E-state index in [0.29, 0.717) is 17.7 Å². The summed E-state index contributed by atoms with van der Waals surface area (Å²) in [5.74, 6) is 3.60. The third-order valence-corrected chi connectivity index (χ3v) is 3.24. The van der Waals surface area contributed by atoms with Crippen LogP contribution in [0.5, 0.6) is 0 Å². The van der Waals surface area contributed by atoms with Crippen LogP contribution < -0.4 is 16.6 Å². The van der Waals surface area contributed by atoms with Gasteiger partial charge in [0.05, 0.1) is 5.56 Å². The van der Waals surface area contributed by atoms with Crippen molar-refractivity contribution in [2.24, 2.45) is 5.84 Å². The summed E-state index contributed by atoms with van der Waals surface area (Å²) in [5, 5.41) is 2.62. The molecule has 114 valence electrons. The zero-order chi connectivity index (χ0) is 16.1. The molecule has 0 aliphatic carbocycles. The molecule has 22 heavy (non-hydrogen) atoms. The fourth-order valence-corrected chi connectivity index (χ4v) is 2.11. The van der Waals surface area contributed by atoms with Crippen molar-refractivity contribution >= 4 is 17.5 Å². The molecule has 4 N–H and O–H groups in total. The summed E-state index contributed by atoms with van der Waals surface area (Å²) in [7, 11) is 0. The molecule has 2 aromatic rings. The van der Waals surface area contributed by atoms with Crippen LogP contribution in [0.25, 0.3) is 0 Å². The maximum Gasteiger partial charge on any atom is 0.265 e. The number of hydrogen-bond donors (Lipinski definition) is 3. The minimum absolute atomic E-state index is 0.0377. The van der Waals surface area contributed by atoms with E-state index in [1.165, 1.54) is 18.2 Å². The van der Waals surface area contributed by atoms with Gasteiger partial charge >= 0.3 is 0 Å². The molecule has 2 amide bonds. The van der Waals surface area contributed by atoms with Crippen LogP contribution in [0.1, 0.15) is 33.2 Å². The number of nitrogens with one attached hydrogen (secondary N) is 2. The van der Waals surface area contributed by atoms with Gasteiger partial charge in [-0.25, -0.2) is 10.2 Å². The summed E-state index contributed by atoms with van der Waals surface area (Å²) in [6, 6.07) is 10.5. The number of nitrogens with two attached hydrogens (primary N) is 1. The third-order valence-electron chi connectivity index (χ3n) is 3.24. The average Bonchev–Trinajstić information content (AvgIpc) is 2.54. The van der Waals surface area contributed by atoms with Gasteiger partial charge in [0.1, 0.15) is 5.82 Å². The minimum Gasteiger partial charge on any atom is -0.322 e. The Labute approximate surface area is 127 Å². The summed E-state index contributed by atoms with van der Waals surface area (Å²) >= 11 is 0. The van der Waals surface area contributed by atoms with Crippen LogP contribution in [0.2, 0.25) is 0 Å². The molecule has 0 unspecified atom stereocenters. The first-order chi connectivity index (χ1) is 10.6. The van der Waals surface area contributed by atoms with Crippen molar-refractivity contribution in [1.29, 1.82) is 0 Å². The highest BCUT2D eigenvalue weighted by atomic mass is 19.1. The second-order valence-corrected chi connectivity index (χ2v) is 4.63. The number of amides is 2. The van der Waals surface area contributed by atoms with Crippen LogP contribution in [0, 0.1) is 5.82 Å². The van der Waals surface area contributed by atoms with Crippen LogP contribution in [-0.2, 0) is 6.42 Å². The van der Waals surface area contributed by atoms with Crippen molar-refractivity contribution in [1.82, 2.24) is 5.43 Å². The highest BCUT2D eigenvalue weighted by Gasteiger charge is 2.13. The molecule has 0 atom stereocenters. The first-order valence-corrected chi connectivity index (χ1v) is 6.76. The molecule has 0 saturated carbocycles. The summed E-state index contributed by atoms with van der Waals surface area (Å²) in [6.45, 7) is 1.88. The van der Waals surface area contributed by atoms with Crippen LogP contribution in [0.3, 0.4) is 0 Å². The SMILES string of the molecule is CCc1cc(NC(=O)c2ccccc2F)ccc1C(=O)NN. The number of carbonyl (C=O) groups is 2. The second-order valence-electron chi connectivity index (χ2n) is 4.63. The van der Waals surface area contributed by atoms with E-state index in [9.17, 15) is 14.0 Å². The molecule has 5 nitrogen and oxygen atoms in total. The van der Waals surface area contributed by atoms with Crippen molar-refractivity contribution < 1.29 is 14.0 Å². The number of hydrogen-bond acceptors (Lipinski definition) is 3. The van der Waals surface area contributed by atoms with Crippen molar-refractivity contribution in [2.45, 2.75) is 13.3 Å². The lowest BCUT2D eigenvalue weighted by Gasteiger charge is -2.11. The highest BCUT2D eigenvalue weighted by Crippen LogP contribution is 2.18. The molecule has 6 heteroatoms. The van der Waals surface area contributed by atoms with E-state index in [4.69, 9.17) is 5.84 Å². The first kappa shape index (κ1) is 15.7. The maximum atomic E-state index is 13.6. The normalized spacial score (nSPS) is 10.1. The Balaban J connectivity index is 2.25. The fourth-order valence-electron chi connectivity index (χ4n) is 2.11. The average molecular weight is 301 g/mol. The Morgan fingerprint density at radius 3 is 2.45 bits per heavy atom. The van der Waals surface area contributed by atoms with Gasteiger partial charge in [-0.15, -0.1) is 0 Å². The largest absolute Gasteiger partial charge is 0.322 e. The lowest BCUT2D eigenvalue weighted by atomic mass is 10.0. The molecule has 0 aromatic heterocycles. The van der Waals surface area contributed by atoms with Crippen molar-refractivity contribution in [2.75, 3.05) is 5.32 Å². The van der Waals surface area contributed by atoms with E-state index in [-0.39, 0.29) is 5.56 Å². The summed E-state index contributed by atoms with van der Waals surface area (Å²) in [5.41, 5.74) is 3.69. The second kappa shape index (κ2) is 6.82. The molecule has 2 aromatic carbocycles. The molecular formula is C16H16FN3O2. The summed E-state index contributed by atoms with van der Waals surface area (Å²) in [6.07, 6.45) is 0.589. The predicted molar refractivity (Wildman–Crippen MR) is 81.8 cm³/mol. The lowest BCUT2D eigenvalue weighted by Crippen LogP contribution is -2.30. The van der Waals surface area contributed by atoms with Crippen molar-refractivity contribution in [3.05, 3.63) is 65.0 Å². The van der Waals surface area contributed by atoms with E-state index in [2.05, 4.69) is 10.7 Å². The number of anilines is 1. The smallest absolute Gasteiger partial charge is 0.265 e. The van der Waals surface area contributed by atoms with Gasteiger partial charge < -0.3 is 5.32 Å². The number of nitrogen functional groups attached to an aromatic ring is 1. The Kier molecular flexibility index (Phi) is 4.85. The van der Waals surface area contributed by atoms with E-state index < -0.39 is 17.6 Å². The number of rotatable bonds is 4. The summed E-state index contributed by atoms with van der Waals surface area (Å²) < 4.78 is 13.6. The van der Waals surface area contributed by atoms with Crippen LogP contribution >= 0.6 is 0 Å².